The van der Waals surface area contributed by atoms with E-state index in [1.807, 2.05) is 6.08 Å². The summed E-state index contributed by atoms with van der Waals surface area (Å²) in [5.74, 6) is -0.352. The minimum absolute atomic E-state index is 0.0351. The minimum Gasteiger partial charge on any atom is -0.498 e. The third kappa shape index (κ3) is 42.0. The molecule has 54 heavy (non-hydrogen) atoms. The van der Waals surface area contributed by atoms with E-state index in [0.717, 1.165) is 32.1 Å². The first kappa shape index (κ1) is 52.8. The molecule has 0 saturated heterocycles. The van der Waals surface area contributed by atoms with E-state index in [1.165, 1.54) is 173 Å². The van der Waals surface area contributed by atoms with E-state index in [-0.39, 0.29) is 32.3 Å². The second-order valence-corrected chi connectivity index (χ2v) is 16.8. The van der Waals surface area contributed by atoms with Crippen molar-refractivity contribution in [3.05, 3.63) is 24.5 Å². The Morgan fingerprint density at radius 1 is 0.556 bits per heavy atom. The SMILES string of the molecule is CCCCCCCC/C=C/CCCCCCCCCCCC(=O)O[C@H](CO/C=C/CCCCCCCCCCCCCCCC)COP(=O)(O)OCCN. The Balaban J connectivity index is 4.02. The lowest BCUT2D eigenvalue weighted by Gasteiger charge is -2.19. The van der Waals surface area contributed by atoms with E-state index in [2.05, 4.69) is 26.0 Å². The maximum atomic E-state index is 12.6. The first-order valence-corrected chi connectivity index (χ1v) is 24.4. The number of carbonyl (C=O) groups is 1. The lowest BCUT2D eigenvalue weighted by Crippen LogP contribution is -2.27. The number of phosphoric ester groups is 1. The molecule has 0 amide bonds. The molecular weight excluding hydrogens is 697 g/mol. The molecule has 0 fully saturated rings. The second-order valence-electron chi connectivity index (χ2n) is 15.3. The molecule has 0 rings (SSSR count). The highest BCUT2D eigenvalue weighted by molar-refractivity contribution is 7.47. The molecule has 0 aromatic heterocycles. The van der Waals surface area contributed by atoms with E-state index in [1.54, 1.807) is 6.26 Å². The van der Waals surface area contributed by atoms with Gasteiger partial charge in [0, 0.05) is 13.0 Å². The van der Waals surface area contributed by atoms with Crippen molar-refractivity contribution in [3.63, 3.8) is 0 Å². The van der Waals surface area contributed by atoms with Crippen LogP contribution in [0.1, 0.15) is 226 Å². The Kier molecular flexibility index (Phi) is 42.0. The van der Waals surface area contributed by atoms with Crippen LogP contribution < -0.4 is 5.73 Å². The zero-order valence-corrected chi connectivity index (χ0v) is 36.4. The molecule has 9 heteroatoms. The van der Waals surface area contributed by atoms with Crippen molar-refractivity contribution in [2.45, 2.75) is 232 Å². The molecule has 0 radical (unpaired) electrons. The maximum Gasteiger partial charge on any atom is 0.472 e. The number of hydrogen-bond donors (Lipinski definition) is 2. The van der Waals surface area contributed by atoms with Crippen molar-refractivity contribution in [3.8, 4) is 0 Å². The van der Waals surface area contributed by atoms with Gasteiger partial charge >= 0.3 is 13.8 Å². The van der Waals surface area contributed by atoms with Gasteiger partial charge in [-0.3, -0.25) is 13.8 Å². The van der Waals surface area contributed by atoms with E-state index >= 15 is 0 Å². The quantitative estimate of drug-likeness (QED) is 0.0206. The lowest BCUT2D eigenvalue weighted by atomic mass is 10.0. The van der Waals surface area contributed by atoms with Crippen molar-refractivity contribution < 1.29 is 32.8 Å². The molecule has 0 aromatic carbocycles. The topological polar surface area (TPSA) is 117 Å². The van der Waals surface area contributed by atoms with Crippen LogP contribution in [0, 0.1) is 0 Å². The van der Waals surface area contributed by atoms with E-state index in [0.29, 0.717) is 6.42 Å². The number of hydrogen-bond acceptors (Lipinski definition) is 7. The van der Waals surface area contributed by atoms with Crippen LogP contribution in [0.15, 0.2) is 24.5 Å². The van der Waals surface area contributed by atoms with Crippen LogP contribution in [-0.2, 0) is 27.9 Å². The molecule has 0 aliphatic heterocycles. The molecule has 8 nitrogen and oxygen atoms in total. The molecule has 0 heterocycles. The van der Waals surface area contributed by atoms with Crippen LogP contribution in [0.4, 0.5) is 0 Å². The smallest absolute Gasteiger partial charge is 0.472 e. The summed E-state index contributed by atoms with van der Waals surface area (Å²) in [6.07, 6.45) is 48.6. The van der Waals surface area contributed by atoms with Gasteiger partial charge in [0.1, 0.15) is 6.61 Å². The summed E-state index contributed by atoms with van der Waals surface area (Å²) in [6, 6.07) is 0. The molecule has 0 bridgehead atoms. The molecule has 0 aliphatic rings. The number of carbonyl (C=O) groups excluding carboxylic acids is 1. The van der Waals surface area contributed by atoms with E-state index < -0.39 is 13.9 Å². The summed E-state index contributed by atoms with van der Waals surface area (Å²) >= 11 is 0. The number of unbranched alkanes of at least 4 members (excludes halogenated alkanes) is 29. The first-order chi connectivity index (χ1) is 26.4. The highest BCUT2D eigenvalue weighted by atomic mass is 31.2. The van der Waals surface area contributed by atoms with Crippen LogP contribution in [0.25, 0.3) is 0 Å². The normalized spacial score (nSPS) is 13.6. The van der Waals surface area contributed by atoms with Gasteiger partial charge in [0.25, 0.3) is 0 Å². The zero-order chi connectivity index (χ0) is 39.5. The molecule has 3 N–H and O–H groups in total. The predicted octanol–water partition coefficient (Wildman–Crippen LogP) is 14.0. The van der Waals surface area contributed by atoms with Gasteiger partial charge in [-0.1, -0.05) is 187 Å². The monoisotopic (exact) mass is 786 g/mol. The van der Waals surface area contributed by atoms with Gasteiger partial charge in [0.15, 0.2) is 6.10 Å². The molecular formula is C45H88NO7P. The van der Waals surface area contributed by atoms with Crippen LogP contribution >= 0.6 is 7.82 Å². The second kappa shape index (κ2) is 43.0. The number of ether oxygens (including phenoxy) is 2. The minimum atomic E-state index is -4.29. The number of nitrogens with two attached hydrogens (primary N) is 1. The number of esters is 1. The van der Waals surface area contributed by atoms with Crippen LogP contribution in [0.2, 0.25) is 0 Å². The summed E-state index contributed by atoms with van der Waals surface area (Å²) in [5, 5.41) is 0. The molecule has 0 aromatic rings. The molecule has 1 unspecified atom stereocenters. The largest absolute Gasteiger partial charge is 0.498 e. The van der Waals surface area contributed by atoms with Gasteiger partial charge in [0.05, 0.1) is 19.5 Å². The number of phosphoric acid groups is 1. The third-order valence-corrected chi connectivity index (χ3v) is 10.9. The Hall–Kier alpha value is -1.18. The predicted molar refractivity (Wildman–Crippen MR) is 229 cm³/mol. The molecule has 0 aliphatic carbocycles. The first-order valence-electron chi connectivity index (χ1n) is 22.9. The highest BCUT2D eigenvalue weighted by Crippen LogP contribution is 2.43. The molecule has 0 saturated carbocycles. The summed E-state index contributed by atoms with van der Waals surface area (Å²) in [7, 11) is -4.29. The summed E-state index contributed by atoms with van der Waals surface area (Å²) in [5.41, 5.74) is 5.37. The zero-order valence-electron chi connectivity index (χ0n) is 35.5. The molecule has 2 atom stereocenters. The van der Waals surface area contributed by atoms with E-state index in [4.69, 9.17) is 24.3 Å². The van der Waals surface area contributed by atoms with Crippen LogP contribution in [0.3, 0.4) is 0 Å². The Morgan fingerprint density at radius 3 is 1.37 bits per heavy atom. The lowest BCUT2D eigenvalue weighted by molar-refractivity contribution is -0.153. The van der Waals surface area contributed by atoms with Crippen LogP contribution in [0.5, 0.6) is 0 Å². The van der Waals surface area contributed by atoms with Gasteiger partial charge in [-0.25, -0.2) is 4.57 Å². The van der Waals surface area contributed by atoms with Gasteiger partial charge < -0.3 is 20.1 Å². The number of rotatable bonds is 44. The van der Waals surface area contributed by atoms with Crippen molar-refractivity contribution in [2.75, 3.05) is 26.4 Å². The van der Waals surface area contributed by atoms with Crippen molar-refractivity contribution in [1.82, 2.24) is 0 Å². The fraction of sp³-hybridized carbons (Fsp3) is 0.889. The van der Waals surface area contributed by atoms with Gasteiger partial charge in [-0.2, -0.15) is 0 Å². The number of allylic oxidation sites excluding steroid dienone is 3. The molecule has 0 spiro atoms. The van der Waals surface area contributed by atoms with Crippen molar-refractivity contribution in [1.29, 1.82) is 0 Å². The van der Waals surface area contributed by atoms with Crippen molar-refractivity contribution in [2.24, 2.45) is 5.73 Å². The summed E-state index contributed by atoms with van der Waals surface area (Å²) in [6.45, 7) is 4.27. The van der Waals surface area contributed by atoms with E-state index in [9.17, 15) is 14.3 Å². The van der Waals surface area contributed by atoms with Crippen molar-refractivity contribution >= 4 is 13.8 Å². The Morgan fingerprint density at radius 2 is 0.944 bits per heavy atom. The Bertz CT molecular complexity index is 884. The summed E-state index contributed by atoms with van der Waals surface area (Å²) in [4.78, 5) is 22.5. The fourth-order valence-electron chi connectivity index (χ4n) is 6.55. The third-order valence-electron chi connectivity index (χ3n) is 9.94. The van der Waals surface area contributed by atoms with Crippen LogP contribution in [-0.4, -0.2) is 43.3 Å². The van der Waals surface area contributed by atoms with Gasteiger partial charge in [-0.05, 0) is 51.0 Å². The average molecular weight is 786 g/mol. The molecule has 320 valence electrons. The average Bonchev–Trinajstić information content (AvgIpc) is 3.16. The maximum absolute atomic E-state index is 12.6. The van der Waals surface area contributed by atoms with Gasteiger partial charge in [-0.15, -0.1) is 0 Å². The standard InChI is InChI=1S/C45H88NO7P/c1-3-5-7-9-11-13-15-17-19-21-22-23-24-26-28-30-32-34-36-38-45(47)53-44(43-52-54(48,49)51-41-39-46)42-50-40-37-35-33-31-29-27-25-20-18-16-14-12-10-8-6-4-2/h17,19,37,40,44H,3-16,18,20-36,38-39,41-43,46H2,1-2H3,(H,48,49)/b19-17+,40-37+/t44-/m1/s1. The summed E-state index contributed by atoms with van der Waals surface area (Å²) < 4.78 is 33.2. The highest BCUT2D eigenvalue weighted by Gasteiger charge is 2.25. The van der Waals surface area contributed by atoms with Gasteiger partial charge in [0.2, 0.25) is 0 Å². The Labute approximate surface area is 334 Å². The fourth-order valence-corrected chi connectivity index (χ4v) is 7.31.